The van der Waals surface area contributed by atoms with Gasteiger partial charge in [0.25, 0.3) is 0 Å². The third kappa shape index (κ3) is 4.82. The number of carbonyl (C=O) groups is 1. The maximum absolute atomic E-state index is 12.6. The van der Waals surface area contributed by atoms with Gasteiger partial charge in [-0.05, 0) is 49.7 Å². The van der Waals surface area contributed by atoms with Gasteiger partial charge in [-0.1, -0.05) is 47.7 Å². The van der Waals surface area contributed by atoms with Gasteiger partial charge in [-0.15, -0.1) is 10.2 Å². The molecule has 0 saturated carbocycles. The number of hydrogen-bond acceptors (Lipinski definition) is 5. The standard InChI is InChI=1S/C24H26N4OS/c1-18-8-9-19(2)21(16-18)22-10-11-23(26-25-22)30-17-24(29)28-14-12-27(13-15-28)20-6-4-3-5-7-20/h3-11,16H,12-15,17H2,1-2H3. The van der Waals surface area contributed by atoms with Crippen molar-refractivity contribution in [2.24, 2.45) is 0 Å². The summed E-state index contributed by atoms with van der Waals surface area (Å²) in [7, 11) is 0. The molecule has 0 spiro atoms. The maximum Gasteiger partial charge on any atom is 0.233 e. The molecule has 0 N–H and O–H groups in total. The van der Waals surface area contributed by atoms with Crippen molar-refractivity contribution in [3.63, 3.8) is 0 Å². The summed E-state index contributed by atoms with van der Waals surface area (Å²) in [6, 6.07) is 20.6. The molecule has 6 heteroatoms. The number of piperazine rings is 1. The van der Waals surface area contributed by atoms with Crippen LogP contribution < -0.4 is 4.90 Å². The normalized spacial score (nSPS) is 14.1. The predicted molar refractivity (Wildman–Crippen MR) is 123 cm³/mol. The summed E-state index contributed by atoms with van der Waals surface area (Å²) in [5.74, 6) is 0.552. The van der Waals surface area contributed by atoms with Gasteiger partial charge in [0.2, 0.25) is 5.91 Å². The average molecular weight is 419 g/mol. The third-order valence-corrected chi connectivity index (χ3v) is 6.31. The van der Waals surface area contributed by atoms with Crippen molar-refractivity contribution in [1.29, 1.82) is 0 Å². The molecule has 5 nitrogen and oxygen atoms in total. The highest BCUT2D eigenvalue weighted by Crippen LogP contribution is 2.24. The van der Waals surface area contributed by atoms with Crippen LogP contribution in [0.1, 0.15) is 11.1 Å². The monoisotopic (exact) mass is 418 g/mol. The van der Waals surface area contributed by atoms with Gasteiger partial charge in [0, 0.05) is 37.4 Å². The minimum atomic E-state index is 0.160. The van der Waals surface area contributed by atoms with Crippen LogP contribution >= 0.6 is 11.8 Å². The number of para-hydroxylation sites is 1. The van der Waals surface area contributed by atoms with Crippen LogP contribution in [0.4, 0.5) is 5.69 Å². The number of rotatable bonds is 5. The van der Waals surface area contributed by atoms with Crippen molar-refractivity contribution in [1.82, 2.24) is 15.1 Å². The fourth-order valence-corrected chi connectivity index (χ4v) is 4.35. The first-order valence-electron chi connectivity index (χ1n) is 10.2. The summed E-state index contributed by atoms with van der Waals surface area (Å²) in [4.78, 5) is 16.9. The van der Waals surface area contributed by atoms with E-state index in [-0.39, 0.29) is 5.91 Å². The quantitative estimate of drug-likeness (QED) is 0.581. The van der Waals surface area contributed by atoms with Crippen molar-refractivity contribution in [3.05, 3.63) is 71.8 Å². The first-order chi connectivity index (χ1) is 14.6. The Bertz CT molecular complexity index is 999. The zero-order valence-electron chi connectivity index (χ0n) is 17.4. The molecule has 2 aromatic carbocycles. The molecule has 1 saturated heterocycles. The van der Waals surface area contributed by atoms with E-state index >= 15 is 0 Å². The summed E-state index contributed by atoms with van der Waals surface area (Å²) < 4.78 is 0. The number of carbonyl (C=O) groups excluding carboxylic acids is 1. The van der Waals surface area contributed by atoms with E-state index in [1.165, 1.54) is 28.6 Å². The van der Waals surface area contributed by atoms with Gasteiger partial charge in [0.15, 0.2) is 0 Å². The molecule has 1 aliphatic heterocycles. The highest BCUT2D eigenvalue weighted by atomic mass is 32.2. The summed E-state index contributed by atoms with van der Waals surface area (Å²) in [6.45, 7) is 7.40. The molecule has 1 aliphatic rings. The molecule has 0 unspecified atom stereocenters. The molecule has 1 aromatic heterocycles. The molecular weight excluding hydrogens is 392 g/mol. The summed E-state index contributed by atoms with van der Waals surface area (Å²) in [5, 5.41) is 9.49. The van der Waals surface area contributed by atoms with Gasteiger partial charge in [-0.2, -0.15) is 0 Å². The van der Waals surface area contributed by atoms with Crippen LogP contribution in [-0.2, 0) is 4.79 Å². The first kappa shape index (κ1) is 20.4. The van der Waals surface area contributed by atoms with E-state index in [2.05, 4.69) is 71.4 Å². The number of benzene rings is 2. The summed E-state index contributed by atoms with van der Waals surface area (Å²) >= 11 is 1.45. The summed E-state index contributed by atoms with van der Waals surface area (Å²) in [6.07, 6.45) is 0. The van der Waals surface area contributed by atoms with Crippen LogP contribution in [0.15, 0.2) is 65.7 Å². The van der Waals surface area contributed by atoms with E-state index in [0.717, 1.165) is 42.5 Å². The molecule has 0 radical (unpaired) electrons. The molecule has 0 atom stereocenters. The van der Waals surface area contributed by atoms with Crippen molar-refractivity contribution in [2.75, 3.05) is 36.8 Å². The second kappa shape index (κ2) is 9.30. The second-order valence-corrected chi connectivity index (χ2v) is 8.56. The molecule has 4 rings (SSSR count). The Balaban J connectivity index is 1.30. The van der Waals surface area contributed by atoms with Gasteiger partial charge >= 0.3 is 0 Å². The highest BCUT2D eigenvalue weighted by Gasteiger charge is 2.21. The SMILES string of the molecule is Cc1ccc(C)c(-c2ccc(SCC(=O)N3CCN(c4ccccc4)CC3)nn2)c1. The molecule has 0 aliphatic carbocycles. The zero-order valence-corrected chi connectivity index (χ0v) is 18.2. The van der Waals surface area contributed by atoms with Crippen LogP contribution in [0.25, 0.3) is 11.3 Å². The fraction of sp³-hybridized carbons (Fsp3) is 0.292. The van der Waals surface area contributed by atoms with Crippen LogP contribution in [0.3, 0.4) is 0 Å². The lowest BCUT2D eigenvalue weighted by Gasteiger charge is -2.36. The van der Waals surface area contributed by atoms with Gasteiger partial charge in [-0.3, -0.25) is 4.79 Å². The molecule has 1 amide bonds. The minimum Gasteiger partial charge on any atom is -0.368 e. The number of amides is 1. The Morgan fingerprint density at radius 1 is 0.933 bits per heavy atom. The lowest BCUT2D eigenvalue weighted by Crippen LogP contribution is -2.49. The lowest BCUT2D eigenvalue weighted by atomic mass is 10.0. The van der Waals surface area contributed by atoms with Crippen LogP contribution in [-0.4, -0.2) is 52.9 Å². The van der Waals surface area contributed by atoms with Crippen molar-refractivity contribution in [2.45, 2.75) is 18.9 Å². The van der Waals surface area contributed by atoms with E-state index in [1.807, 2.05) is 23.1 Å². The minimum absolute atomic E-state index is 0.160. The fourth-order valence-electron chi connectivity index (χ4n) is 3.63. The van der Waals surface area contributed by atoms with Crippen LogP contribution in [0, 0.1) is 13.8 Å². The highest BCUT2D eigenvalue weighted by molar-refractivity contribution is 7.99. The molecule has 0 bridgehead atoms. The predicted octanol–water partition coefficient (Wildman–Crippen LogP) is 4.20. The third-order valence-electron chi connectivity index (χ3n) is 5.41. The largest absolute Gasteiger partial charge is 0.368 e. The second-order valence-electron chi connectivity index (χ2n) is 7.57. The molecule has 1 fully saturated rings. The molecule has 154 valence electrons. The topological polar surface area (TPSA) is 49.3 Å². The average Bonchev–Trinajstić information content (AvgIpc) is 2.80. The Morgan fingerprint density at radius 3 is 2.40 bits per heavy atom. The maximum atomic E-state index is 12.6. The van der Waals surface area contributed by atoms with Gasteiger partial charge in [0.05, 0.1) is 11.4 Å². The van der Waals surface area contributed by atoms with Crippen LogP contribution in [0.5, 0.6) is 0 Å². The number of aryl methyl sites for hydroxylation is 2. The first-order valence-corrected chi connectivity index (χ1v) is 11.2. The smallest absolute Gasteiger partial charge is 0.233 e. The number of thioether (sulfide) groups is 1. The van der Waals surface area contributed by atoms with E-state index in [9.17, 15) is 4.79 Å². The number of nitrogens with zero attached hydrogens (tertiary/aromatic N) is 4. The van der Waals surface area contributed by atoms with Gasteiger partial charge < -0.3 is 9.80 Å². The van der Waals surface area contributed by atoms with E-state index in [0.29, 0.717) is 5.75 Å². The molecule has 3 aromatic rings. The lowest BCUT2D eigenvalue weighted by molar-refractivity contribution is -0.128. The Labute approximate surface area is 182 Å². The Morgan fingerprint density at radius 2 is 1.70 bits per heavy atom. The van der Waals surface area contributed by atoms with Crippen molar-refractivity contribution >= 4 is 23.4 Å². The van der Waals surface area contributed by atoms with Crippen LogP contribution in [0.2, 0.25) is 0 Å². The summed E-state index contributed by atoms with van der Waals surface area (Å²) in [5.41, 5.74) is 5.57. The number of aromatic nitrogens is 2. The Hall–Kier alpha value is -2.86. The van der Waals surface area contributed by atoms with Crippen molar-refractivity contribution < 1.29 is 4.79 Å². The van der Waals surface area contributed by atoms with Crippen molar-refractivity contribution in [3.8, 4) is 11.3 Å². The van der Waals surface area contributed by atoms with E-state index < -0.39 is 0 Å². The van der Waals surface area contributed by atoms with E-state index in [4.69, 9.17) is 0 Å². The molecule has 2 heterocycles. The molecule has 30 heavy (non-hydrogen) atoms. The van der Waals surface area contributed by atoms with Gasteiger partial charge in [-0.25, -0.2) is 0 Å². The molecular formula is C24H26N4OS. The zero-order chi connectivity index (χ0) is 20.9. The van der Waals surface area contributed by atoms with Gasteiger partial charge in [0.1, 0.15) is 5.03 Å². The Kier molecular flexibility index (Phi) is 6.33. The van der Waals surface area contributed by atoms with E-state index in [1.54, 1.807) is 0 Å². The number of anilines is 1. The number of hydrogen-bond donors (Lipinski definition) is 0.